The Kier molecular flexibility index (Phi) is 3.61. The highest BCUT2D eigenvalue weighted by Crippen LogP contribution is 2.44. The molecule has 2 heterocycles. The Labute approximate surface area is 140 Å². The first kappa shape index (κ1) is 14.6. The van der Waals surface area contributed by atoms with Crippen LogP contribution in [0.15, 0.2) is 54.9 Å². The Bertz CT molecular complexity index is 867. The van der Waals surface area contributed by atoms with E-state index in [9.17, 15) is 4.79 Å². The maximum absolute atomic E-state index is 12.5. The Morgan fingerprint density at radius 2 is 1.96 bits per heavy atom. The summed E-state index contributed by atoms with van der Waals surface area (Å²) in [4.78, 5) is 21.3. The van der Waals surface area contributed by atoms with Crippen molar-refractivity contribution < 1.29 is 4.79 Å². The number of carbonyl (C=O) groups excluding carboxylic acids is 1. The van der Waals surface area contributed by atoms with Gasteiger partial charge in [0.2, 0.25) is 0 Å². The number of hydrogen-bond donors (Lipinski definition) is 1. The molecule has 24 heavy (non-hydrogen) atoms. The first-order valence-electron chi connectivity index (χ1n) is 8.10. The van der Waals surface area contributed by atoms with E-state index in [0.717, 1.165) is 30.0 Å². The number of amides is 1. The Balaban J connectivity index is 1.73. The number of carbonyl (C=O) groups is 1. The second kappa shape index (κ2) is 5.92. The van der Waals surface area contributed by atoms with Crippen molar-refractivity contribution in [3.63, 3.8) is 0 Å². The number of benzene rings is 1. The second-order valence-corrected chi connectivity index (χ2v) is 6.03. The van der Waals surface area contributed by atoms with Crippen LogP contribution in [0.4, 0.5) is 5.82 Å². The number of aryl methyl sites for hydroxylation is 1. The van der Waals surface area contributed by atoms with Crippen LogP contribution in [0.1, 0.15) is 40.6 Å². The van der Waals surface area contributed by atoms with Crippen LogP contribution in [0, 0.1) is 6.92 Å². The first-order chi connectivity index (χ1) is 11.7. The summed E-state index contributed by atoms with van der Waals surface area (Å²) >= 11 is 0. The third kappa shape index (κ3) is 2.69. The van der Waals surface area contributed by atoms with Crippen LogP contribution in [-0.2, 0) is 0 Å². The lowest BCUT2D eigenvalue weighted by Crippen LogP contribution is -2.13. The van der Waals surface area contributed by atoms with E-state index in [0.29, 0.717) is 17.3 Å². The van der Waals surface area contributed by atoms with Crippen molar-refractivity contribution >= 4 is 11.7 Å². The zero-order valence-corrected chi connectivity index (χ0v) is 13.4. The third-order valence-electron chi connectivity index (χ3n) is 4.22. The van der Waals surface area contributed by atoms with Crippen molar-refractivity contribution in [2.75, 3.05) is 5.32 Å². The minimum Gasteiger partial charge on any atom is -0.305 e. The van der Waals surface area contributed by atoms with Gasteiger partial charge in [-0.2, -0.15) is 0 Å². The quantitative estimate of drug-likeness (QED) is 0.798. The Morgan fingerprint density at radius 3 is 2.62 bits per heavy atom. The summed E-state index contributed by atoms with van der Waals surface area (Å²) in [5.41, 5.74) is 2.68. The summed E-state index contributed by atoms with van der Waals surface area (Å²) in [7, 11) is 0. The van der Waals surface area contributed by atoms with Crippen molar-refractivity contribution in [1.82, 2.24) is 14.5 Å². The van der Waals surface area contributed by atoms with Gasteiger partial charge in [-0.15, -0.1) is 0 Å². The summed E-state index contributed by atoms with van der Waals surface area (Å²) in [6, 6.07) is 13.1. The lowest BCUT2D eigenvalue weighted by Gasteiger charge is -2.11. The molecule has 1 saturated carbocycles. The smallest absolute Gasteiger partial charge is 0.256 e. The standard InChI is InChI=1S/C19H18N4O/c1-13-21-18(22-19(24)15-6-3-2-4-7-15)17(14-9-10-14)23(13)16-8-5-11-20-12-16/h2-8,11-12,14H,9-10H2,1H3,(H,22,24). The van der Waals surface area contributed by atoms with E-state index in [1.165, 1.54) is 0 Å². The Morgan fingerprint density at radius 1 is 1.17 bits per heavy atom. The summed E-state index contributed by atoms with van der Waals surface area (Å²) < 4.78 is 2.10. The number of anilines is 1. The van der Waals surface area contributed by atoms with Crippen molar-refractivity contribution in [2.45, 2.75) is 25.7 Å². The van der Waals surface area contributed by atoms with Crippen molar-refractivity contribution in [3.05, 3.63) is 71.9 Å². The fourth-order valence-corrected chi connectivity index (χ4v) is 2.96. The molecule has 1 fully saturated rings. The molecule has 5 nitrogen and oxygen atoms in total. The molecule has 0 bridgehead atoms. The largest absolute Gasteiger partial charge is 0.305 e. The van der Waals surface area contributed by atoms with Crippen LogP contribution < -0.4 is 5.32 Å². The average molecular weight is 318 g/mol. The van der Waals surface area contributed by atoms with Gasteiger partial charge in [-0.3, -0.25) is 14.3 Å². The third-order valence-corrected chi connectivity index (χ3v) is 4.22. The van der Waals surface area contributed by atoms with Gasteiger partial charge in [-0.25, -0.2) is 4.98 Å². The molecule has 2 aromatic heterocycles. The summed E-state index contributed by atoms with van der Waals surface area (Å²) in [5.74, 6) is 1.83. The maximum atomic E-state index is 12.5. The van der Waals surface area contributed by atoms with E-state index in [1.54, 1.807) is 18.3 Å². The molecule has 1 aliphatic carbocycles. The number of nitrogens with zero attached hydrogens (tertiary/aromatic N) is 3. The van der Waals surface area contributed by atoms with Gasteiger partial charge in [0.1, 0.15) is 5.82 Å². The molecule has 3 aromatic rings. The van der Waals surface area contributed by atoms with Crippen LogP contribution in [0.3, 0.4) is 0 Å². The van der Waals surface area contributed by atoms with E-state index in [1.807, 2.05) is 43.5 Å². The average Bonchev–Trinajstić information content (AvgIpc) is 3.40. The van der Waals surface area contributed by atoms with Crippen LogP contribution in [0.2, 0.25) is 0 Å². The molecule has 1 aliphatic rings. The number of imidazole rings is 1. The van der Waals surface area contributed by atoms with Gasteiger partial charge >= 0.3 is 0 Å². The van der Waals surface area contributed by atoms with Crippen molar-refractivity contribution in [2.24, 2.45) is 0 Å². The molecular formula is C19H18N4O. The molecule has 0 saturated heterocycles. The van der Waals surface area contributed by atoms with E-state index in [2.05, 4.69) is 19.9 Å². The number of pyridine rings is 1. The first-order valence-corrected chi connectivity index (χ1v) is 8.10. The molecule has 5 heteroatoms. The highest BCUT2D eigenvalue weighted by Gasteiger charge is 2.32. The molecule has 1 amide bonds. The minimum absolute atomic E-state index is 0.131. The van der Waals surface area contributed by atoms with Gasteiger partial charge in [0.25, 0.3) is 5.91 Å². The highest BCUT2D eigenvalue weighted by molar-refractivity contribution is 6.04. The number of rotatable bonds is 4. The maximum Gasteiger partial charge on any atom is 0.256 e. The molecule has 4 rings (SSSR count). The molecule has 1 N–H and O–H groups in total. The lowest BCUT2D eigenvalue weighted by atomic mass is 10.2. The second-order valence-electron chi connectivity index (χ2n) is 6.03. The SMILES string of the molecule is Cc1nc(NC(=O)c2ccccc2)c(C2CC2)n1-c1cccnc1. The van der Waals surface area contributed by atoms with Crippen molar-refractivity contribution in [1.29, 1.82) is 0 Å². The predicted molar refractivity (Wildman–Crippen MR) is 92.5 cm³/mol. The molecule has 0 unspecified atom stereocenters. The highest BCUT2D eigenvalue weighted by atomic mass is 16.1. The van der Waals surface area contributed by atoms with Crippen LogP contribution in [0.5, 0.6) is 0 Å². The lowest BCUT2D eigenvalue weighted by molar-refractivity contribution is 0.102. The van der Waals surface area contributed by atoms with E-state index in [-0.39, 0.29) is 5.91 Å². The molecular weight excluding hydrogens is 300 g/mol. The monoisotopic (exact) mass is 318 g/mol. The summed E-state index contributed by atoms with van der Waals surface area (Å²) in [5, 5.41) is 2.99. The fraction of sp³-hybridized carbons (Fsp3) is 0.211. The molecule has 0 atom stereocenters. The van der Waals surface area contributed by atoms with Crippen molar-refractivity contribution in [3.8, 4) is 5.69 Å². The van der Waals surface area contributed by atoms with Gasteiger partial charge in [0.05, 0.1) is 17.6 Å². The fourth-order valence-electron chi connectivity index (χ4n) is 2.96. The Hall–Kier alpha value is -2.95. The van der Waals surface area contributed by atoms with Crippen LogP contribution in [0.25, 0.3) is 5.69 Å². The van der Waals surface area contributed by atoms with E-state index >= 15 is 0 Å². The van der Waals surface area contributed by atoms with E-state index < -0.39 is 0 Å². The normalized spacial score (nSPS) is 13.7. The topological polar surface area (TPSA) is 59.8 Å². The molecule has 120 valence electrons. The van der Waals surface area contributed by atoms with Gasteiger partial charge < -0.3 is 5.32 Å². The minimum atomic E-state index is -0.131. The van der Waals surface area contributed by atoms with Crippen LogP contribution in [-0.4, -0.2) is 20.4 Å². The van der Waals surface area contributed by atoms with E-state index in [4.69, 9.17) is 0 Å². The number of hydrogen-bond acceptors (Lipinski definition) is 3. The molecule has 0 radical (unpaired) electrons. The summed E-state index contributed by atoms with van der Waals surface area (Å²) in [6.45, 7) is 1.96. The van der Waals surface area contributed by atoms with Gasteiger partial charge in [0, 0.05) is 17.7 Å². The zero-order chi connectivity index (χ0) is 16.5. The number of aromatic nitrogens is 3. The number of nitrogens with one attached hydrogen (secondary N) is 1. The van der Waals surface area contributed by atoms with Gasteiger partial charge in [-0.05, 0) is 44.0 Å². The zero-order valence-electron chi connectivity index (χ0n) is 13.4. The predicted octanol–water partition coefficient (Wildman–Crippen LogP) is 3.71. The summed E-state index contributed by atoms with van der Waals surface area (Å²) in [6.07, 6.45) is 5.83. The molecule has 0 aliphatic heterocycles. The van der Waals surface area contributed by atoms with Gasteiger partial charge in [-0.1, -0.05) is 18.2 Å². The molecule has 0 spiro atoms. The van der Waals surface area contributed by atoms with Crippen LogP contribution >= 0.6 is 0 Å². The molecule has 1 aromatic carbocycles. The van der Waals surface area contributed by atoms with Gasteiger partial charge in [0.15, 0.2) is 5.82 Å².